The van der Waals surface area contributed by atoms with Gasteiger partial charge in [-0.3, -0.25) is 9.59 Å². The molecule has 1 aromatic rings. The van der Waals surface area contributed by atoms with Gasteiger partial charge in [-0.15, -0.1) is 0 Å². The van der Waals surface area contributed by atoms with E-state index in [0.29, 0.717) is 12.1 Å². The topological polar surface area (TPSA) is 78.4 Å². The van der Waals surface area contributed by atoms with Crippen molar-refractivity contribution in [2.75, 3.05) is 5.32 Å². The van der Waals surface area contributed by atoms with E-state index in [1.807, 2.05) is 19.1 Å². The molecule has 0 aliphatic carbocycles. The number of amides is 2. The zero-order chi connectivity index (χ0) is 15.1. The summed E-state index contributed by atoms with van der Waals surface area (Å²) < 4.78 is 0. The number of rotatable bonds is 6. The van der Waals surface area contributed by atoms with Gasteiger partial charge in [-0.2, -0.15) is 0 Å². The van der Waals surface area contributed by atoms with Crippen LogP contribution < -0.4 is 10.6 Å². The number of aliphatic hydroxyl groups is 1. The third kappa shape index (κ3) is 6.33. The van der Waals surface area contributed by atoms with E-state index in [-0.39, 0.29) is 24.3 Å². The Hall–Kier alpha value is -1.88. The molecule has 0 aromatic heterocycles. The van der Waals surface area contributed by atoms with Crippen molar-refractivity contribution in [1.29, 1.82) is 0 Å². The molecule has 0 bridgehead atoms. The van der Waals surface area contributed by atoms with Crippen LogP contribution in [0.5, 0.6) is 0 Å². The molecule has 2 unspecified atom stereocenters. The van der Waals surface area contributed by atoms with Crippen LogP contribution in [-0.2, 0) is 16.0 Å². The molecule has 5 heteroatoms. The number of carbonyl (C=O) groups is 2. The van der Waals surface area contributed by atoms with Crippen LogP contribution in [0.4, 0.5) is 5.69 Å². The minimum atomic E-state index is -0.428. The highest BCUT2D eigenvalue weighted by Crippen LogP contribution is 2.10. The quantitative estimate of drug-likeness (QED) is 0.737. The Morgan fingerprint density at radius 3 is 2.30 bits per heavy atom. The number of benzene rings is 1. The predicted molar refractivity (Wildman–Crippen MR) is 78.4 cm³/mol. The molecule has 0 spiro atoms. The largest absolute Gasteiger partial charge is 0.393 e. The summed E-state index contributed by atoms with van der Waals surface area (Å²) >= 11 is 0. The third-order valence-corrected chi connectivity index (χ3v) is 2.74. The van der Waals surface area contributed by atoms with Gasteiger partial charge in [0.05, 0.1) is 12.5 Å². The van der Waals surface area contributed by atoms with Crippen LogP contribution in [0, 0.1) is 0 Å². The summed E-state index contributed by atoms with van der Waals surface area (Å²) in [7, 11) is 0. The number of anilines is 1. The summed E-state index contributed by atoms with van der Waals surface area (Å²) in [6.07, 6.45) is 0.389. The fourth-order valence-electron chi connectivity index (χ4n) is 1.99. The van der Waals surface area contributed by atoms with Crippen LogP contribution in [-0.4, -0.2) is 29.1 Å². The van der Waals surface area contributed by atoms with Gasteiger partial charge in [0, 0.05) is 18.7 Å². The monoisotopic (exact) mass is 278 g/mol. The van der Waals surface area contributed by atoms with Gasteiger partial charge in [0.25, 0.3) is 0 Å². The fraction of sp³-hybridized carbons (Fsp3) is 0.467. The SMILES string of the molecule is CC(=O)Nc1ccc(CC(=O)NC(C)CC(C)O)cc1. The normalized spacial score (nSPS) is 13.4. The molecule has 2 amide bonds. The fourth-order valence-corrected chi connectivity index (χ4v) is 1.99. The molecule has 0 heterocycles. The van der Waals surface area contributed by atoms with E-state index < -0.39 is 6.10 Å². The second-order valence-electron chi connectivity index (χ2n) is 5.11. The van der Waals surface area contributed by atoms with Gasteiger partial charge < -0.3 is 15.7 Å². The van der Waals surface area contributed by atoms with Crippen LogP contribution in [0.3, 0.4) is 0 Å². The standard InChI is InChI=1S/C15H22N2O3/c1-10(8-11(2)18)16-15(20)9-13-4-6-14(7-5-13)17-12(3)19/h4-7,10-11,18H,8-9H2,1-3H3,(H,16,20)(H,17,19). The number of aliphatic hydroxyl groups excluding tert-OH is 1. The number of nitrogens with one attached hydrogen (secondary N) is 2. The first-order valence-corrected chi connectivity index (χ1v) is 6.70. The van der Waals surface area contributed by atoms with Gasteiger partial charge in [0.1, 0.15) is 0 Å². The van der Waals surface area contributed by atoms with Crippen molar-refractivity contribution >= 4 is 17.5 Å². The van der Waals surface area contributed by atoms with Crippen molar-refractivity contribution in [3.05, 3.63) is 29.8 Å². The summed E-state index contributed by atoms with van der Waals surface area (Å²) in [6, 6.07) is 7.10. The van der Waals surface area contributed by atoms with Crippen molar-refractivity contribution in [2.45, 2.75) is 45.8 Å². The highest BCUT2D eigenvalue weighted by Gasteiger charge is 2.10. The molecule has 20 heavy (non-hydrogen) atoms. The lowest BCUT2D eigenvalue weighted by atomic mass is 10.1. The molecular weight excluding hydrogens is 256 g/mol. The number of carbonyl (C=O) groups excluding carboxylic acids is 2. The molecule has 0 aliphatic rings. The Labute approximate surface area is 119 Å². The van der Waals surface area contributed by atoms with Crippen LogP contribution in [0.1, 0.15) is 32.8 Å². The van der Waals surface area contributed by atoms with Crippen molar-refractivity contribution in [1.82, 2.24) is 5.32 Å². The van der Waals surface area contributed by atoms with Crippen molar-refractivity contribution < 1.29 is 14.7 Å². The van der Waals surface area contributed by atoms with E-state index in [0.717, 1.165) is 5.56 Å². The molecule has 0 saturated heterocycles. The molecule has 3 N–H and O–H groups in total. The molecule has 1 rings (SSSR count). The van der Waals surface area contributed by atoms with Crippen LogP contribution in [0.2, 0.25) is 0 Å². The second kappa shape index (κ2) is 7.65. The summed E-state index contributed by atoms with van der Waals surface area (Å²) in [6.45, 7) is 5.01. The molecule has 110 valence electrons. The molecule has 0 saturated carbocycles. The van der Waals surface area contributed by atoms with Gasteiger partial charge in [0.2, 0.25) is 11.8 Å². The summed E-state index contributed by atoms with van der Waals surface area (Å²) in [4.78, 5) is 22.7. The van der Waals surface area contributed by atoms with E-state index in [2.05, 4.69) is 10.6 Å². The zero-order valence-corrected chi connectivity index (χ0v) is 12.1. The van der Waals surface area contributed by atoms with E-state index in [4.69, 9.17) is 0 Å². The van der Waals surface area contributed by atoms with Crippen molar-refractivity contribution in [3.63, 3.8) is 0 Å². The first kappa shape index (κ1) is 16.2. The maximum absolute atomic E-state index is 11.8. The molecular formula is C15H22N2O3. The average molecular weight is 278 g/mol. The Morgan fingerprint density at radius 1 is 1.20 bits per heavy atom. The van der Waals surface area contributed by atoms with Gasteiger partial charge in [-0.1, -0.05) is 12.1 Å². The first-order valence-electron chi connectivity index (χ1n) is 6.70. The third-order valence-electron chi connectivity index (χ3n) is 2.74. The van der Waals surface area contributed by atoms with Crippen molar-refractivity contribution in [3.8, 4) is 0 Å². The Bertz CT molecular complexity index is 455. The lowest BCUT2D eigenvalue weighted by Crippen LogP contribution is -2.35. The molecule has 0 aliphatic heterocycles. The van der Waals surface area contributed by atoms with Crippen LogP contribution in [0.15, 0.2) is 24.3 Å². The number of hydrogen-bond acceptors (Lipinski definition) is 3. The summed E-state index contributed by atoms with van der Waals surface area (Å²) in [5.74, 6) is -0.201. The highest BCUT2D eigenvalue weighted by atomic mass is 16.3. The number of hydrogen-bond donors (Lipinski definition) is 3. The van der Waals surface area contributed by atoms with Crippen molar-refractivity contribution in [2.24, 2.45) is 0 Å². The van der Waals surface area contributed by atoms with E-state index in [9.17, 15) is 14.7 Å². The molecule has 0 fully saturated rings. The Morgan fingerprint density at radius 2 is 1.80 bits per heavy atom. The first-order chi connectivity index (χ1) is 9.36. The molecule has 1 aromatic carbocycles. The summed E-state index contributed by atoms with van der Waals surface area (Å²) in [5, 5.41) is 14.8. The van der Waals surface area contributed by atoms with E-state index in [1.54, 1.807) is 19.1 Å². The van der Waals surface area contributed by atoms with Gasteiger partial charge in [-0.05, 0) is 38.0 Å². The predicted octanol–water partition coefficient (Wildman–Crippen LogP) is 1.46. The van der Waals surface area contributed by atoms with E-state index >= 15 is 0 Å². The van der Waals surface area contributed by atoms with Gasteiger partial charge in [0.15, 0.2) is 0 Å². The minimum absolute atomic E-state index is 0.0545. The molecule has 0 radical (unpaired) electrons. The second-order valence-corrected chi connectivity index (χ2v) is 5.11. The molecule has 5 nitrogen and oxygen atoms in total. The zero-order valence-electron chi connectivity index (χ0n) is 12.1. The minimum Gasteiger partial charge on any atom is -0.393 e. The lowest BCUT2D eigenvalue weighted by molar-refractivity contribution is -0.121. The summed E-state index contributed by atoms with van der Waals surface area (Å²) in [5.41, 5.74) is 1.59. The highest BCUT2D eigenvalue weighted by molar-refractivity contribution is 5.88. The molecule has 2 atom stereocenters. The Balaban J connectivity index is 2.47. The Kier molecular flexibility index (Phi) is 6.18. The van der Waals surface area contributed by atoms with Gasteiger partial charge >= 0.3 is 0 Å². The smallest absolute Gasteiger partial charge is 0.224 e. The maximum Gasteiger partial charge on any atom is 0.224 e. The van der Waals surface area contributed by atoms with Crippen LogP contribution in [0.25, 0.3) is 0 Å². The lowest BCUT2D eigenvalue weighted by Gasteiger charge is -2.15. The maximum atomic E-state index is 11.8. The van der Waals surface area contributed by atoms with E-state index in [1.165, 1.54) is 6.92 Å². The van der Waals surface area contributed by atoms with Crippen LogP contribution >= 0.6 is 0 Å². The average Bonchev–Trinajstić information content (AvgIpc) is 2.29. The van der Waals surface area contributed by atoms with Gasteiger partial charge in [-0.25, -0.2) is 0 Å².